The highest BCUT2D eigenvalue weighted by molar-refractivity contribution is 7.94. The third-order valence-electron chi connectivity index (χ3n) is 4.22. The molecule has 5 heteroatoms. The number of halogens is 1. The van der Waals surface area contributed by atoms with Gasteiger partial charge in [0, 0.05) is 22.2 Å². The summed E-state index contributed by atoms with van der Waals surface area (Å²) < 4.78 is 18.8. The smallest absolute Gasteiger partial charge is 0.123 e. The number of anilines is 2. The van der Waals surface area contributed by atoms with E-state index in [0.717, 1.165) is 46.4 Å². The number of rotatable bonds is 7. The maximum absolute atomic E-state index is 12.9. The highest BCUT2D eigenvalue weighted by atomic mass is 32.2. The van der Waals surface area contributed by atoms with E-state index in [9.17, 15) is 3.89 Å². The third-order valence-corrected chi connectivity index (χ3v) is 4.65. The highest BCUT2D eigenvalue weighted by Gasteiger charge is 2.13. The molecule has 3 aromatic rings. The molecule has 27 heavy (non-hydrogen) atoms. The van der Waals surface area contributed by atoms with Crippen LogP contribution in [0.1, 0.15) is 31.4 Å². The predicted octanol–water partition coefficient (Wildman–Crippen LogP) is 6.29. The van der Waals surface area contributed by atoms with E-state index in [1.165, 1.54) is 0 Å². The number of hydrogen-bond donors (Lipinski definition) is 1. The minimum absolute atomic E-state index is 0.211. The third kappa shape index (κ3) is 4.17. The van der Waals surface area contributed by atoms with E-state index in [-0.39, 0.29) is 12.1 Å². The van der Waals surface area contributed by atoms with E-state index in [4.69, 9.17) is 11.2 Å². The summed E-state index contributed by atoms with van der Waals surface area (Å²) in [5, 5.41) is 4.23. The molecule has 3 nitrogen and oxygen atoms in total. The first-order valence-corrected chi connectivity index (χ1v) is 9.62. The lowest BCUT2D eigenvalue weighted by Crippen LogP contribution is -2.01. The zero-order valence-electron chi connectivity index (χ0n) is 15.4. The molecule has 0 aliphatic heterocycles. The Hall–Kier alpha value is -2.71. The summed E-state index contributed by atoms with van der Waals surface area (Å²) in [6.07, 6.45) is 9.33. The lowest BCUT2D eigenvalue weighted by atomic mass is 10.0. The molecule has 0 unspecified atom stereocenters. The first-order chi connectivity index (χ1) is 13.2. The van der Waals surface area contributed by atoms with E-state index < -0.39 is 0 Å². The van der Waals surface area contributed by atoms with Crippen molar-refractivity contribution in [1.82, 2.24) is 4.98 Å². The second-order valence-corrected chi connectivity index (χ2v) is 6.71. The Morgan fingerprint density at radius 2 is 2.11 bits per heavy atom. The van der Waals surface area contributed by atoms with Crippen LogP contribution < -0.4 is 10.1 Å². The van der Waals surface area contributed by atoms with Crippen molar-refractivity contribution < 1.29 is 8.62 Å². The van der Waals surface area contributed by atoms with Crippen molar-refractivity contribution in [3.63, 3.8) is 0 Å². The molecule has 0 aliphatic carbocycles. The van der Waals surface area contributed by atoms with Gasteiger partial charge in [-0.2, -0.15) is 3.89 Å². The van der Waals surface area contributed by atoms with Gasteiger partial charge in [-0.25, -0.2) is 0 Å². The van der Waals surface area contributed by atoms with E-state index in [1.807, 2.05) is 19.1 Å². The number of aryl methyl sites for hydroxylation is 1. The van der Waals surface area contributed by atoms with Crippen LogP contribution in [0, 0.1) is 12.3 Å². The van der Waals surface area contributed by atoms with Crippen LogP contribution >= 0.6 is 12.1 Å². The number of aromatic nitrogens is 1. The Morgan fingerprint density at radius 1 is 1.26 bits per heavy atom. The minimum Gasteiger partial charge on any atom is -0.494 e. The number of ether oxygens (including phenoxy) is 1. The number of pyridine rings is 1. The van der Waals surface area contributed by atoms with Crippen molar-refractivity contribution in [2.24, 2.45) is 0 Å². The first-order valence-electron chi connectivity index (χ1n) is 8.90. The number of hydrogen-bond acceptors (Lipinski definition) is 4. The normalized spacial score (nSPS) is 10.6. The molecule has 0 spiro atoms. The van der Waals surface area contributed by atoms with Gasteiger partial charge in [-0.15, -0.1) is 6.42 Å². The summed E-state index contributed by atoms with van der Waals surface area (Å²) in [7, 11) is 0. The fourth-order valence-corrected chi connectivity index (χ4v) is 3.33. The molecule has 3 rings (SSSR count). The van der Waals surface area contributed by atoms with Crippen LogP contribution in [-0.2, 0) is 6.42 Å². The maximum atomic E-state index is 12.9. The molecule has 2 aromatic carbocycles. The van der Waals surface area contributed by atoms with Gasteiger partial charge >= 0.3 is 0 Å². The quantitative estimate of drug-likeness (QED) is 0.489. The fourth-order valence-electron chi connectivity index (χ4n) is 3.03. The van der Waals surface area contributed by atoms with Crippen molar-refractivity contribution in [2.45, 2.75) is 31.6 Å². The number of nitrogens with zero attached hydrogens (tertiary/aromatic N) is 1. The molecule has 0 saturated heterocycles. The predicted molar refractivity (Wildman–Crippen MR) is 112 cm³/mol. The second-order valence-electron chi connectivity index (χ2n) is 6.08. The molecule has 138 valence electrons. The fraction of sp³-hybridized carbons (Fsp3) is 0.227. The van der Waals surface area contributed by atoms with Crippen molar-refractivity contribution in [3.05, 3.63) is 53.7 Å². The summed E-state index contributed by atoms with van der Waals surface area (Å²) in [6, 6.07) is 11.2. The van der Waals surface area contributed by atoms with Gasteiger partial charge in [0.05, 0.1) is 35.5 Å². The lowest BCUT2D eigenvalue weighted by Gasteiger charge is -2.16. The van der Waals surface area contributed by atoms with Crippen molar-refractivity contribution in [2.75, 3.05) is 11.9 Å². The molecule has 0 aliphatic rings. The van der Waals surface area contributed by atoms with Crippen LogP contribution in [0.2, 0.25) is 0 Å². The molecular weight excluding hydrogens is 359 g/mol. The molecule has 1 heterocycles. The van der Waals surface area contributed by atoms with Gasteiger partial charge in [-0.05, 0) is 49.2 Å². The zero-order valence-corrected chi connectivity index (χ0v) is 16.2. The van der Waals surface area contributed by atoms with Crippen molar-refractivity contribution >= 4 is 34.4 Å². The van der Waals surface area contributed by atoms with Crippen LogP contribution in [-0.4, -0.2) is 11.6 Å². The molecule has 0 saturated carbocycles. The molecule has 0 bridgehead atoms. The number of nitrogens with one attached hydrogen (secondary N) is 1. The summed E-state index contributed by atoms with van der Waals surface area (Å²) in [5.74, 6) is 3.53. The van der Waals surface area contributed by atoms with Gasteiger partial charge in [0.2, 0.25) is 0 Å². The van der Waals surface area contributed by atoms with Gasteiger partial charge in [-0.3, -0.25) is 4.98 Å². The first kappa shape index (κ1) is 19.1. The van der Waals surface area contributed by atoms with E-state index in [1.54, 1.807) is 24.4 Å². The Labute approximate surface area is 163 Å². The van der Waals surface area contributed by atoms with Gasteiger partial charge < -0.3 is 10.1 Å². The van der Waals surface area contributed by atoms with E-state index in [2.05, 4.69) is 29.2 Å². The van der Waals surface area contributed by atoms with E-state index >= 15 is 0 Å². The monoisotopic (exact) mass is 380 g/mol. The summed E-state index contributed by atoms with van der Waals surface area (Å²) in [5.41, 5.74) is 4.16. The summed E-state index contributed by atoms with van der Waals surface area (Å²) in [6.45, 7) is 4.69. The van der Waals surface area contributed by atoms with Crippen molar-refractivity contribution in [3.8, 4) is 18.1 Å². The van der Waals surface area contributed by atoms with Gasteiger partial charge in [0.1, 0.15) is 5.75 Å². The number of terminal acetylenes is 1. The molecule has 0 radical (unpaired) electrons. The molecular formula is C22H21FN2OS. The van der Waals surface area contributed by atoms with Gasteiger partial charge in [-0.1, -0.05) is 25.3 Å². The highest BCUT2D eigenvalue weighted by Crippen LogP contribution is 2.35. The maximum Gasteiger partial charge on any atom is 0.123 e. The number of benzene rings is 2. The topological polar surface area (TPSA) is 34.1 Å². The average molecular weight is 380 g/mol. The molecule has 1 N–H and O–H groups in total. The van der Waals surface area contributed by atoms with Crippen LogP contribution in [0.3, 0.4) is 0 Å². The minimum atomic E-state index is 0.211. The van der Waals surface area contributed by atoms with Crippen molar-refractivity contribution in [1.29, 1.82) is 0 Å². The second kappa shape index (κ2) is 8.79. The van der Waals surface area contributed by atoms with Gasteiger partial charge in [0.25, 0.3) is 0 Å². The SMILES string of the molecule is C#Cc1cnc2cc(CCC)c(OCC)cc2c1Nc1cccc(SF)c1. The summed E-state index contributed by atoms with van der Waals surface area (Å²) >= 11 is 0.211. The largest absolute Gasteiger partial charge is 0.494 e. The summed E-state index contributed by atoms with van der Waals surface area (Å²) in [4.78, 5) is 5.06. The van der Waals surface area contributed by atoms with Gasteiger partial charge in [0.15, 0.2) is 0 Å². The average Bonchev–Trinajstić information content (AvgIpc) is 2.69. The van der Waals surface area contributed by atoms with Crippen LogP contribution in [0.25, 0.3) is 10.9 Å². The van der Waals surface area contributed by atoms with E-state index in [0.29, 0.717) is 17.1 Å². The standard InChI is InChI=1S/C22H21FN2OS/c1-4-8-16-11-20-19(13-21(16)26-6-3)22(15(5-2)14-24-20)25-17-9-7-10-18(12-17)27-23/h2,7,9-14H,4,6,8H2,1,3H3,(H,24,25). The molecule has 0 atom stereocenters. The Balaban J connectivity index is 2.16. The lowest BCUT2D eigenvalue weighted by molar-refractivity contribution is 0.337. The molecule has 1 aromatic heterocycles. The Morgan fingerprint density at radius 3 is 2.81 bits per heavy atom. The molecule has 0 fully saturated rings. The Kier molecular flexibility index (Phi) is 6.20. The zero-order chi connectivity index (χ0) is 19.2. The van der Waals surface area contributed by atoms with Crippen LogP contribution in [0.4, 0.5) is 15.3 Å². The number of fused-ring (bicyclic) bond motifs is 1. The molecule has 0 amide bonds. The van der Waals surface area contributed by atoms with Crippen LogP contribution in [0.15, 0.2) is 47.5 Å². The van der Waals surface area contributed by atoms with Crippen LogP contribution in [0.5, 0.6) is 5.75 Å². The Bertz CT molecular complexity index is 998.